The number of rotatable bonds is 9. The maximum Gasteiger partial charge on any atom is 0.307 e. The lowest BCUT2D eigenvalue weighted by Gasteiger charge is -2.45. The zero-order valence-corrected chi connectivity index (χ0v) is 25.4. The Labute approximate surface area is 250 Å². The summed E-state index contributed by atoms with van der Waals surface area (Å²) in [5.41, 5.74) is 5.26. The molecule has 1 saturated heterocycles. The Balaban J connectivity index is 1.29. The summed E-state index contributed by atoms with van der Waals surface area (Å²) in [6, 6.07) is 11.5. The highest BCUT2D eigenvalue weighted by atomic mass is 32.1. The average Bonchev–Trinajstić information content (AvgIpc) is 3.46. The van der Waals surface area contributed by atoms with Crippen molar-refractivity contribution in [2.45, 2.75) is 39.7 Å². The number of carbonyl (C=O) groups is 3. The molecule has 0 radical (unpaired) electrons. The molecule has 2 bridgehead atoms. The lowest BCUT2D eigenvalue weighted by Crippen LogP contribution is -2.51. The third-order valence-corrected chi connectivity index (χ3v) is 9.41. The molecule has 2 fully saturated rings. The molecular weight excluding hydrogens is 552 g/mol. The lowest BCUT2D eigenvalue weighted by atomic mass is 9.69. The number of likely N-dealkylation sites (N-methyl/N-ethyl adjacent to an activating group) is 2. The van der Waals surface area contributed by atoms with E-state index in [4.69, 9.17) is 9.72 Å². The van der Waals surface area contributed by atoms with Gasteiger partial charge in [-0.05, 0) is 73.9 Å². The van der Waals surface area contributed by atoms with Crippen LogP contribution in [0.25, 0.3) is 11.3 Å². The van der Waals surface area contributed by atoms with Crippen LogP contribution in [0, 0.1) is 31.6 Å². The number of carboxylic acid groups (broad SMARTS) is 1. The van der Waals surface area contributed by atoms with Crippen molar-refractivity contribution in [3.63, 3.8) is 0 Å². The van der Waals surface area contributed by atoms with E-state index < -0.39 is 5.97 Å². The molecule has 2 aromatic carbocycles. The van der Waals surface area contributed by atoms with E-state index in [0.29, 0.717) is 12.2 Å². The van der Waals surface area contributed by atoms with Crippen molar-refractivity contribution in [1.29, 1.82) is 0 Å². The predicted molar refractivity (Wildman–Crippen MR) is 163 cm³/mol. The largest absolute Gasteiger partial charge is 0.488 e. The molecule has 2 heterocycles. The van der Waals surface area contributed by atoms with Gasteiger partial charge in [-0.2, -0.15) is 0 Å². The third kappa shape index (κ3) is 6.28. The molecule has 10 heteroatoms. The number of amides is 2. The number of fused-ring (bicyclic) bond motifs is 2. The van der Waals surface area contributed by atoms with Gasteiger partial charge in [0.1, 0.15) is 12.4 Å². The molecule has 1 aliphatic carbocycles. The zero-order valence-electron chi connectivity index (χ0n) is 24.6. The average molecular weight is 591 g/mol. The molecule has 5 rings (SSSR count). The van der Waals surface area contributed by atoms with Gasteiger partial charge in [-0.15, -0.1) is 11.3 Å². The fraction of sp³-hybridized carbons (Fsp3) is 0.438. The van der Waals surface area contributed by atoms with E-state index in [-0.39, 0.29) is 36.1 Å². The number of anilines is 1. The summed E-state index contributed by atoms with van der Waals surface area (Å²) in [5, 5.41) is 15.3. The second-order valence-electron chi connectivity index (χ2n) is 11.5. The Kier molecular flexibility index (Phi) is 8.82. The third-order valence-electron chi connectivity index (χ3n) is 8.51. The molecule has 3 atom stereocenters. The number of nitrogens with zero attached hydrogens (tertiary/aromatic N) is 3. The van der Waals surface area contributed by atoms with E-state index in [9.17, 15) is 19.5 Å². The SMILES string of the molecule is CNC(=O)CN(C)C(=O)c1ccc(COc2ccc(C)cc2-c2csc(N3C[C@H]4CCC[C@@H](C3)C4C(=O)O)n2)c(C)c1. The molecule has 1 aromatic heterocycles. The summed E-state index contributed by atoms with van der Waals surface area (Å²) in [5.74, 6) is -0.281. The standard InChI is InChI=1S/C32H38N4O5S/c1-19-8-11-27(41-17-24-10-9-21(13-20(24)2)30(38)35(4)16-28(37)33-3)25(12-19)26-18-42-32(34-26)36-14-22-6-5-7-23(15-36)29(22)31(39)40/h8-13,18,22-23,29H,5-7,14-17H2,1-4H3,(H,33,37)(H,39,40)/t22-,23+,29?. The molecule has 2 aliphatic rings. The first-order valence-corrected chi connectivity index (χ1v) is 15.2. The van der Waals surface area contributed by atoms with Crippen LogP contribution in [0.2, 0.25) is 0 Å². The molecule has 9 nitrogen and oxygen atoms in total. The number of hydrogen-bond acceptors (Lipinski definition) is 7. The molecule has 1 unspecified atom stereocenters. The number of aliphatic carboxylic acids is 1. The van der Waals surface area contributed by atoms with Gasteiger partial charge in [-0.25, -0.2) is 4.98 Å². The van der Waals surface area contributed by atoms with Crippen LogP contribution in [0.4, 0.5) is 5.13 Å². The molecule has 1 saturated carbocycles. The first-order valence-electron chi connectivity index (χ1n) is 14.4. The number of benzene rings is 2. The van der Waals surface area contributed by atoms with Gasteiger partial charge in [0.05, 0.1) is 18.2 Å². The van der Waals surface area contributed by atoms with Gasteiger partial charge < -0.3 is 25.0 Å². The summed E-state index contributed by atoms with van der Waals surface area (Å²) >= 11 is 1.59. The second kappa shape index (κ2) is 12.5. The number of carboxylic acids is 1. The van der Waals surface area contributed by atoms with Crippen molar-refractivity contribution >= 4 is 34.3 Å². The van der Waals surface area contributed by atoms with E-state index in [1.54, 1.807) is 31.5 Å². The highest BCUT2D eigenvalue weighted by Crippen LogP contribution is 2.43. The summed E-state index contributed by atoms with van der Waals surface area (Å²) in [6.45, 7) is 5.77. The van der Waals surface area contributed by atoms with Gasteiger partial charge >= 0.3 is 5.97 Å². The van der Waals surface area contributed by atoms with E-state index in [1.165, 1.54) is 4.90 Å². The van der Waals surface area contributed by atoms with E-state index in [1.807, 2.05) is 38.1 Å². The van der Waals surface area contributed by atoms with Gasteiger partial charge in [0, 0.05) is 43.7 Å². The Bertz CT molecular complexity index is 1470. The van der Waals surface area contributed by atoms with Crippen LogP contribution >= 0.6 is 11.3 Å². The first kappa shape index (κ1) is 29.6. The van der Waals surface area contributed by atoms with Crippen LogP contribution in [0.5, 0.6) is 5.75 Å². The van der Waals surface area contributed by atoms with Crippen LogP contribution in [0.15, 0.2) is 41.8 Å². The Hall–Kier alpha value is -3.92. The highest BCUT2D eigenvalue weighted by Gasteiger charge is 2.44. The molecule has 222 valence electrons. The Morgan fingerprint density at radius 1 is 1.12 bits per heavy atom. The molecule has 2 N–H and O–H groups in total. The monoisotopic (exact) mass is 590 g/mol. The lowest BCUT2D eigenvalue weighted by molar-refractivity contribution is -0.148. The maximum absolute atomic E-state index is 12.8. The summed E-state index contributed by atoms with van der Waals surface area (Å²) in [7, 11) is 3.15. The fourth-order valence-corrected chi connectivity index (χ4v) is 7.08. The van der Waals surface area contributed by atoms with Crippen molar-refractivity contribution < 1.29 is 24.2 Å². The van der Waals surface area contributed by atoms with E-state index >= 15 is 0 Å². The Morgan fingerprint density at radius 2 is 1.86 bits per heavy atom. The number of piperidine rings is 1. The fourth-order valence-electron chi connectivity index (χ4n) is 6.23. The minimum absolute atomic E-state index is 0.00441. The molecule has 0 spiro atoms. The van der Waals surface area contributed by atoms with Gasteiger partial charge in [-0.3, -0.25) is 14.4 Å². The minimum atomic E-state index is -0.657. The second-order valence-corrected chi connectivity index (χ2v) is 12.3. The van der Waals surface area contributed by atoms with Crippen LogP contribution in [-0.2, 0) is 16.2 Å². The maximum atomic E-state index is 12.8. The molecule has 3 aromatic rings. The molecular formula is C32H38N4O5S. The van der Waals surface area contributed by atoms with E-state index in [0.717, 1.165) is 71.2 Å². The topological polar surface area (TPSA) is 112 Å². The van der Waals surface area contributed by atoms with Crippen molar-refractivity contribution in [2.75, 3.05) is 38.6 Å². The normalized spacial score (nSPS) is 19.7. The number of aromatic nitrogens is 1. The van der Waals surface area contributed by atoms with E-state index in [2.05, 4.69) is 21.7 Å². The molecule has 42 heavy (non-hydrogen) atoms. The first-order chi connectivity index (χ1) is 20.1. The van der Waals surface area contributed by atoms with Gasteiger partial charge in [0.15, 0.2) is 5.13 Å². The summed E-state index contributed by atoms with van der Waals surface area (Å²) < 4.78 is 6.32. The van der Waals surface area contributed by atoms with Gasteiger partial charge in [-0.1, -0.05) is 24.1 Å². The number of aryl methyl sites for hydroxylation is 2. The number of nitrogens with one attached hydrogen (secondary N) is 1. The highest BCUT2D eigenvalue weighted by molar-refractivity contribution is 7.14. The minimum Gasteiger partial charge on any atom is -0.488 e. The molecule has 1 aliphatic heterocycles. The van der Waals surface area contributed by atoms with Crippen molar-refractivity contribution in [3.8, 4) is 17.0 Å². The molecule has 2 amide bonds. The number of hydrogen-bond donors (Lipinski definition) is 2. The van der Waals surface area contributed by atoms with Crippen LogP contribution in [-0.4, -0.2) is 66.5 Å². The van der Waals surface area contributed by atoms with Gasteiger partial charge in [0.25, 0.3) is 5.91 Å². The number of thiazole rings is 1. The zero-order chi connectivity index (χ0) is 30.0. The summed E-state index contributed by atoms with van der Waals surface area (Å²) in [6.07, 6.45) is 3.02. The van der Waals surface area contributed by atoms with Gasteiger partial charge in [0.2, 0.25) is 5.91 Å². The quantitative estimate of drug-likeness (QED) is 0.370. The number of ether oxygens (including phenoxy) is 1. The smallest absolute Gasteiger partial charge is 0.307 e. The van der Waals surface area contributed by atoms with Crippen molar-refractivity contribution in [2.24, 2.45) is 17.8 Å². The van der Waals surface area contributed by atoms with Crippen LogP contribution in [0.3, 0.4) is 0 Å². The van der Waals surface area contributed by atoms with Crippen LogP contribution in [0.1, 0.15) is 46.3 Å². The predicted octanol–water partition coefficient (Wildman–Crippen LogP) is 4.76. The van der Waals surface area contributed by atoms with Crippen LogP contribution < -0.4 is 15.0 Å². The van der Waals surface area contributed by atoms with Crippen molar-refractivity contribution in [1.82, 2.24) is 15.2 Å². The van der Waals surface area contributed by atoms with Crippen molar-refractivity contribution in [3.05, 3.63) is 64.0 Å². The number of carbonyl (C=O) groups excluding carboxylic acids is 2. The Morgan fingerprint density at radius 3 is 2.52 bits per heavy atom. The summed E-state index contributed by atoms with van der Waals surface area (Å²) in [4.78, 5) is 45.0.